The van der Waals surface area contributed by atoms with Crippen molar-refractivity contribution in [3.63, 3.8) is 0 Å². The number of aryl methyl sites for hydroxylation is 1. The Morgan fingerprint density at radius 1 is 1.00 bits per heavy atom. The number of hydrogen-bond donors (Lipinski definition) is 4. The van der Waals surface area contributed by atoms with Gasteiger partial charge in [-0.1, -0.05) is 12.1 Å². The van der Waals surface area contributed by atoms with E-state index in [1.54, 1.807) is 7.11 Å². The van der Waals surface area contributed by atoms with Crippen LogP contribution in [0.5, 0.6) is 5.75 Å². The lowest BCUT2D eigenvalue weighted by molar-refractivity contribution is -0.645. The first kappa shape index (κ1) is 24.4. The number of aliphatic hydroxyl groups excluding tert-OH is 4. The van der Waals surface area contributed by atoms with Gasteiger partial charge < -0.3 is 29.9 Å². The third-order valence-electron chi connectivity index (χ3n) is 9.61. The normalized spacial score (nSPS) is 50.4. The largest absolute Gasteiger partial charge is 0.487 e. The van der Waals surface area contributed by atoms with Crippen LogP contribution in [-0.4, -0.2) is 69.0 Å². The molecular weight excluding hydrogens is 476 g/mol. The van der Waals surface area contributed by atoms with E-state index in [4.69, 9.17) is 30.8 Å². The zero-order chi connectivity index (χ0) is 24.8. The smallest absolute Gasteiger partial charge is 0.260 e. The maximum Gasteiger partial charge on any atom is 0.260 e. The number of aliphatic hydroxyl groups is 4. The second-order valence-electron chi connectivity index (χ2n) is 11.6. The summed E-state index contributed by atoms with van der Waals surface area (Å²) in [6.07, 6.45) is 0.446. The van der Waals surface area contributed by atoms with Gasteiger partial charge in [0, 0.05) is 30.1 Å². The molecule has 1 saturated heterocycles. The van der Waals surface area contributed by atoms with Crippen LogP contribution in [0.25, 0.3) is 0 Å². The standard InChI is InChI=1S/C26H35ClO8/c1-13-3-4-16(8-19(13)33-20-7-15(12-28)21(29)23(31)22(20)30)26(32-2)25(34-35-26)17-5-14-6-18(25)11-24(27,9-14)10-17/h3-4,8,14-15,17-18,20-23,28-31H,5-7,9-12H2,1-2H3. The van der Waals surface area contributed by atoms with Gasteiger partial charge in [-0.2, -0.15) is 4.89 Å². The number of ether oxygens (including phenoxy) is 2. The molecule has 0 aromatic heterocycles. The van der Waals surface area contributed by atoms with Crippen LogP contribution in [0.2, 0.25) is 0 Å². The summed E-state index contributed by atoms with van der Waals surface area (Å²) in [4.78, 5) is 11.7. The van der Waals surface area contributed by atoms with Gasteiger partial charge in [-0.05, 0) is 74.8 Å². The van der Waals surface area contributed by atoms with Crippen LogP contribution < -0.4 is 4.74 Å². The highest BCUT2D eigenvalue weighted by Gasteiger charge is 2.78. The topological polar surface area (TPSA) is 118 Å². The van der Waals surface area contributed by atoms with Crippen LogP contribution >= 0.6 is 11.6 Å². The second-order valence-corrected chi connectivity index (χ2v) is 12.4. The van der Waals surface area contributed by atoms with Crippen LogP contribution in [0.3, 0.4) is 0 Å². The number of rotatable bonds is 5. The number of halogens is 1. The van der Waals surface area contributed by atoms with Crippen LogP contribution in [-0.2, 0) is 20.3 Å². The van der Waals surface area contributed by atoms with Gasteiger partial charge in [0.1, 0.15) is 24.1 Å². The van der Waals surface area contributed by atoms with Crippen molar-refractivity contribution in [2.45, 2.75) is 86.1 Å². The Morgan fingerprint density at radius 3 is 2.29 bits per heavy atom. The van der Waals surface area contributed by atoms with E-state index in [1.807, 2.05) is 25.1 Å². The highest BCUT2D eigenvalue weighted by atomic mass is 35.5. The maximum absolute atomic E-state index is 10.6. The number of methoxy groups -OCH3 is 1. The molecule has 194 valence electrons. The summed E-state index contributed by atoms with van der Waals surface area (Å²) < 4.78 is 12.3. The lowest BCUT2D eigenvalue weighted by atomic mass is 9.46. The van der Waals surface area contributed by atoms with E-state index in [9.17, 15) is 20.4 Å². The fraction of sp³-hybridized carbons (Fsp3) is 0.769. The predicted octanol–water partition coefficient (Wildman–Crippen LogP) is 2.15. The van der Waals surface area contributed by atoms with Crippen molar-refractivity contribution in [1.29, 1.82) is 0 Å². The van der Waals surface area contributed by atoms with E-state index in [0.29, 0.717) is 11.7 Å². The maximum atomic E-state index is 10.6. The second kappa shape index (κ2) is 8.27. The van der Waals surface area contributed by atoms with Crippen molar-refractivity contribution in [3.8, 4) is 5.75 Å². The SMILES string of the molecule is COC1(c2ccc(C)c(OC3CC(CO)C(O)C(O)C3O)c2)OOC12C1CC3CC2CC(Cl)(C3)C1. The van der Waals surface area contributed by atoms with Crippen molar-refractivity contribution in [2.75, 3.05) is 13.7 Å². The molecule has 0 radical (unpaired) electrons. The summed E-state index contributed by atoms with van der Waals surface area (Å²) in [7, 11) is 1.64. The average Bonchev–Trinajstić information content (AvgIpc) is 2.80. The van der Waals surface area contributed by atoms with Crippen molar-refractivity contribution >= 4 is 11.6 Å². The number of alkyl halides is 1. The highest BCUT2D eigenvalue weighted by Crippen LogP contribution is 2.71. The lowest BCUT2D eigenvalue weighted by Gasteiger charge is -2.70. The summed E-state index contributed by atoms with van der Waals surface area (Å²) in [5.74, 6) is -0.0921. The monoisotopic (exact) mass is 510 g/mol. The molecule has 8 nitrogen and oxygen atoms in total. The zero-order valence-electron chi connectivity index (χ0n) is 20.1. The minimum absolute atomic E-state index is 0.159. The number of hydrogen-bond acceptors (Lipinski definition) is 8. The minimum Gasteiger partial charge on any atom is -0.487 e. The molecule has 6 aliphatic rings. The van der Waals surface area contributed by atoms with E-state index in [1.165, 1.54) is 0 Å². The van der Waals surface area contributed by atoms with Crippen LogP contribution in [0.1, 0.15) is 49.7 Å². The zero-order valence-corrected chi connectivity index (χ0v) is 20.9. The van der Waals surface area contributed by atoms with Crippen molar-refractivity contribution in [1.82, 2.24) is 0 Å². The van der Waals surface area contributed by atoms with E-state index in [0.717, 1.165) is 43.2 Å². The Labute approximate surface area is 210 Å². The highest BCUT2D eigenvalue weighted by molar-refractivity contribution is 6.24. The predicted molar refractivity (Wildman–Crippen MR) is 125 cm³/mol. The quantitative estimate of drug-likeness (QED) is 0.351. The molecule has 1 aromatic rings. The van der Waals surface area contributed by atoms with E-state index >= 15 is 0 Å². The van der Waals surface area contributed by atoms with Crippen molar-refractivity contribution < 1.29 is 39.7 Å². The summed E-state index contributed by atoms with van der Waals surface area (Å²) in [6, 6.07) is 5.75. The fourth-order valence-corrected chi connectivity index (χ4v) is 8.61. The summed E-state index contributed by atoms with van der Waals surface area (Å²) in [5.41, 5.74) is 0.996. The Morgan fingerprint density at radius 2 is 1.71 bits per heavy atom. The van der Waals surface area contributed by atoms with Gasteiger partial charge >= 0.3 is 0 Å². The Kier molecular flexibility index (Phi) is 5.76. The first-order valence-electron chi connectivity index (χ1n) is 12.7. The Bertz CT molecular complexity index is 966. The molecule has 6 fully saturated rings. The van der Waals surface area contributed by atoms with Crippen LogP contribution in [0, 0.1) is 30.6 Å². The molecule has 5 saturated carbocycles. The first-order chi connectivity index (χ1) is 16.7. The van der Waals surface area contributed by atoms with Crippen molar-refractivity contribution in [2.24, 2.45) is 23.7 Å². The third kappa shape index (κ3) is 3.31. The molecule has 1 spiro atoms. The fourth-order valence-electron chi connectivity index (χ4n) is 8.02. The average molecular weight is 511 g/mol. The van der Waals surface area contributed by atoms with Gasteiger partial charge in [0.15, 0.2) is 5.60 Å². The van der Waals surface area contributed by atoms with E-state index in [2.05, 4.69) is 0 Å². The molecule has 4 N–H and O–H groups in total. The molecule has 8 unspecified atom stereocenters. The third-order valence-corrected chi connectivity index (χ3v) is 10.1. The molecule has 8 atom stereocenters. The lowest BCUT2D eigenvalue weighted by Crippen LogP contribution is -2.78. The molecule has 1 aliphatic heterocycles. The van der Waals surface area contributed by atoms with Crippen LogP contribution in [0.15, 0.2) is 18.2 Å². The Balaban J connectivity index is 1.32. The van der Waals surface area contributed by atoms with Gasteiger partial charge in [-0.3, -0.25) is 0 Å². The van der Waals surface area contributed by atoms with Crippen molar-refractivity contribution in [3.05, 3.63) is 29.3 Å². The number of benzene rings is 1. The van der Waals surface area contributed by atoms with E-state index in [-0.39, 0.29) is 29.7 Å². The molecule has 0 amide bonds. The first-order valence-corrected chi connectivity index (χ1v) is 13.1. The van der Waals surface area contributed by atoms with Gasteiger partial charge in [-0.25, -0.2) is 4.89 Å². The molecule has 5 aliphatic carbocycles. The molecular formula is C26H35ClO8. The molecule has 4 bridgehead atoms. The molecule has 1 aromatic carbocycles. The van der Waals surface area contributed by atoms with Gasteiger partial charge in [-0.15, -0.1) is 11.6 Å². The van der Waals surface area contributed by atoms with Gasteiger partial charge in [0.25, 0.3) is 5.79 Å². The molecule has 7 rings (SSSR count). The van der Waals surface area contributed by atoms with E-state index < -0.39 is 41.7 Å². The summed E-state index contributed by atoms with van der Waals surface area (Å²) >= 11 is 7.00. The molecule has 9 heteroatoms. The molecule has 35 heavy (non-hydrogen) atoms. The minimum atomic E-state index is -1.40. The Hall–Kier alpha value is -0.970. The summed E-state index contributed by atoms with van der Waals surface area (Å²) in [6.45, 7) is 1.59. The van der Waals surface area contributed by atoms with Gasteiger partial charge in [0.2, 0.25) is 0 Å². The molecule has 1 heterocycles. The summed E-state index contributed by atoms with van der Waals surface area (Å²) in [5, 5.41) is 40.6. The van der Waals surface area contributed by atoms with Gasteiger partial charge in [0.05, 0.1) is 6.10 Å². The van der Waals surface area contributed by atoms with Crippen LogP contribution in [0.4, 0.5) is 0 Å².